The van der Waals surface area contributed by atoms with Gasteiger partial charge in [0.15, 0.2) is 5.78 Å². The Bertz CT molecular complexity index is 941. The van der Waals surface area contributed by atoms with Crippen LogP contribution in [0.5, 0.6) is 0 Å². The molecule has 0 spiro atoms. The number of benzene rings is 1. The minimum atomic E-state index is -0.216. The highest BCUT2D eigenvalue weighted by Crippen LogP contribution is 2.67. The fraction of sp³-hybridized carbons (Fsp3) is 0.690. The third kappa shape index (κ3) is 3.59. The molecule has 1 N–H and O–H groups in total. The molecule has 0 aliphatic heterocycles. The normalized spacial score (nSPS) is 41.0. The minimum absolute atomic E-state index is 0.0939. The van der Waals surface area contributed by atoms with Gasteiger partial charge in [0, 0.05) is 12.3 Å². The number of hydrogen-bond donors (Lipinski definition) is 1. The van der Waals surface area contributed by atoms with Gasteiger partial charge in [-0.05, 0) is 97.5 Å². The van der Waals surface area contributed by atoms with Gasteiger partial charge in [0.25, 0.3) is 0 Å². The van der Waals surface area contributed by atoms with E-state index in [1.165, 1.54) is 32.1 Å². The standard InChI is InChI=1S/C29H39NO3/c1-18(17-33-27(32)19-7-5-4-6-8-19)21-11-12-22-20-9-10-24-26(30)25(31)14-16-29(24,3)23(20)13-15-28(21,22)2/h4-8,18,20-24,30H,9-17H2,1-3H3/t18-,20+,21-,22+,23+,24?,28-,29-/m1/s1. The second-order valence-electron chi connectivity index (χ2n) is 12.0. The molecular formula is C29H39NO3. The summed E-state index contributed by atoms with van der Waals surface area (Å²) in [6.45, 7) is 7.68. The van der Waals surface area contributed by atoms with Crippen molar-refractivity contribution < 1.29 is 14.3 Å². The summed E-state index contributed by atoms with van der Waals surface area (Å²) in [5.41, 5.74) is 1.49. The molecule has 0 heterocycles. The first kappa shape index (κ1) is 22.8. The van der Waals surface area contributed by atoms with Crippen LogP contribution >= 0.6 is 0 Å². The lowest BCUT2D eigenvalue weighted by molar-refractivity contribution is -0.123. The number of carbonyl (C=O) groups excluding carboxylic acids is 2. The first-order chi connectivity index (χ1) is 15.8. The molecule has 4 saturated carbocycles. The summed E-state index contributed by atoms with van der Waals surface area (Å²) in [6, 6.07) is 9.30. The van der Waals surface area contributed by atoms with Crippen LogP contribution in [0.2, 0.25) is 0 Å². The van der Waals surface area contributed by atoms with Crippen LogP contribution in [0, 0.1) is 51.7 Å². The van der Waals surface area contributed by atoms with Crippen molar-refractivity contribution in [1.82, 2.24) is 0 Å². The molecule has 33 heavy (non-hydrogen) atoms. The Kier molecular flexibility index (Phi) is 5.77. The molecule has 5 rings (SSSR count). The molecule has 1 aromatic rings. The SMILES string of the molecule is C[C@H](COC(=O)c1ccccc1)[C@H]1CC[C@H]2[C@@H]3CCC4C(=N)C(=O)CC[C@]4(C)[C@H]3CC[C@]12C. The molecule has 4 nitrogen and oxygen atoms in total. The number of carbonyl (C=O) groups is 2. The second-order valence-corrected chi connectivity index (χ2v) is 12.0. The van der Waals surface area contributed by atoms with Crippen LogP contribution in [0.3, 0.4) is 0 Å². The van der Waals surface area contributed by atoms with E-state index in [0.29, 0.717) is 47.5 Å². The number of ether oxygens (including phenoxy) is 1. The van der Waals surface area contributed by atoms with Crippen molar-refractivity contribution in [1.29, 1.82) is 5.41 Å². The first-order valence-electron chi connectivity index (χ1n) is 13.1. The van der Waals surface area contributed by atoms with Gasteiger partial charge in [0.05, 0.1) is 17.9 Å². The molecule has 4 aliphatic rings. The topological polar surface area (TPSA) is 67.2 Å². The fourth-order valence-corrected chi connectivity index (χ4v) is 8.96. The van der Waals surface area contributed by atoms with Crippen molar-refractivity contribution in [2.45, 2.75) is 72.1 Å². The minimum Gasteiger partial charge on any atom is -0.462 e. The number of esters is 1. The maximum absolute atomic E-state index is 12.5. The number of Topliss-reactive ketones (excluding diaryl/α,β-unsaturated/α-hetero) is 1. The first-order valence-corrected chi connectivity index (χ1v) is 13.1. The van der Waals surface area contributed by atoms with Gasteiger partial charge in [-0.3, -0.25) is 4.79 Å². The lowest BCUT2D eigenvalue weighted by Crippen LogP contribution is -2.56. The summed E-state index contributed by atoms with van der Waals surface area (Å²) >= 11 is 0. The van der Waals surface area contributed by atoms with Gasteiger partial charge < -0.3 is 10.1 Å². The number of fused-ring (bicyclic) bond motifs is 5. The maximum Gasteiger partial charge on any atom is 0.338 e. The van der Waals surface area contributed by atoms with Crippen LogP contribution in [0.25, 0.3) is 0 Å². The zero-order valence-electron chi connectivity index (χ0n) is 20.4. The van der Waals surface area contributed by atoms with Crippen molar-refractivity contribution in [2.75, 3.05) is 6.61 Å². The lowest BCUT2D eigenvalue weighted by Gasteiger charge is -2.60. The highest BCUT2D eigenvalue weighted by molar-refractivity contribution is 6.40. The highest BCUT2D eigenvalue weighted by Gasteiger charge is 2.61. The molecule has 4 fully saturated rings. The molecule has 0 radical (unpaired) electrons. The Morgan fingerprint density at radius 2 is 1.76 bits per heavy atom. The number of hydrogen-bond acceptors (Lipinski definition) is 4. The van der Waals surface area contributed by atoms with Gasteiger partial charge in [-0.2, -0.15) is 0 Å². The summed E-state index contributed by atoms with van der Waals surface area (Å²) in [5, 5.41) is 8.48. The largest absolute Gasteiger partial charge is 0.462 e. The Morgan fingerprint density at radius 3 is 2.52 bits per heavy atom. The van der Waals surface area contributed by atoms with Crippen molar-refractivity contribution in [3.63, 3.8) is 0 Å². The van der Waals surface area contributed by atoms with E-state index in [9.17, 15) is 9.59 Å². The van der Waals surface area contributed by atoms with Gasteiger partial charge >= 0.3 is 5.97 Å². The van der Waals surface area contributed by atoms with Crippen molar-refractivity contribution in [2.24, 2.45) is 46.3 Å². The molecule has 8 atom stereocenters. The van der Waals surface area contributed by atoms with Crippen molar-refractivity contribution in [3.05, 3.63) is 35.9 Å². The van der Waals surface area contributed by atoms with Gasteiger partial charge in [-0.15, -0.1) is 0 Å². The predicted octanol–water partition coefficient (Wildman–Crippen LogP) is 6.34. The highest BCUT2D eigenvalue weighted by atomic mass is 16.5. The summed E-state index contributed by atoms with van der Waals surface area (Å²) in [5.74, 6) is 3.09. The number of ketones is 1. The summed E-state index contributed by atoms with van der Waals surface area (Å²) in [4.78, 5) is 24.7. The van der Waals surface area contributed by atoms with Gasteiger partial charge in [-0.25, -0.2) is 4.79 Å². The van der Waals surface area contributed by atoms with E-state index in [4.69, 9.17) is 10.1 Å². The van der Waals surface area contributed by atoms with E-state index < -0.39 is 0 Å². The molecule has 0 saturated heterocycles. The van der Waals surface area contributed by atoms with Crippen LogP contribution in [0.15, 0.2) is 30.3 Å². The van der Waals surface area contributed by atoms with Crippen LogP contribution < -0.4 is 0 Å². The van der Waals surface area contributed by atoms with E-state index >= 15 is 0 Å². The molecule has 4 aliphatic carbocycles. The third-order valence-corrected chi connectivity index (χ3v) is 10.7. The Labute approximate surface area is 198 Å². The molecule has 0 bridgehead atoms. The summed E-state index contributed by atoms with van der Waals surface area (Å²) in [6.07, 6.45) is 8.68. The Morgan fingerprint density at radius 1 is 1.03 bits per heavy atom. The van der Waals surface area contributed by atoms with Crippen molar-refractivity contribution >= 4 is 17.5 Å². The lowest BCUT2D eigenvalue weighted by atomic mass is 9.44. The average molecular weight is 450 g/mol. The average Bonchev–Trinajstić information content (AvgIpc) is 3.18. The zero-order valence-corrected chi connectivity index (χ0v) is 20.4. The van der Waals surface area contributed by atoms with E-state index in [1.54, 1.807) is 0 Å². The number of nitrogens with one attached hydrogen (secondary N) is 1. The monoisotopic (exact) mass is 449 g/mol. The molecule has 4 heteroatoms. The molecule has 0 aromatic heterocycles. The Balaban J connectivity index is 1.28. The van der Waals surface area contributed by atoms with Gasteiger partial charge in [0.1, 0.15) is 0 Å². The molecular weight excluding hydrogens is 410 g/mol. The number of rotatable bonds is 4. The maximum atomic E-state index is 12.5. The van der Waals surface area contributed by atoms with Crippen LogP contribution in [0.4, 0.5) is 0 Å². The Hall–Kier alpha value is -1.97. The zero-order chi connectivity index (χ0) is 23.4. The third-order valence-electron chi connectivity index (χ3n) is 10.7. The van der Waals surface area contributed by atoms with Crippen molar-refractivity contribution in [3.8, 4) is 0 Å². The van der Waals surface area contributed by atoms with E-state index in [2.05, 4.69) is 20.8 Å². The second kappa shape index (κ2) is 8.36. The van der Waals surface area contributed by atoms with Gasteiger partial charge in [-0.1, -0.05) is 39.0 Å². The van der Waals surface area contributed by atoms with Crippen LogP contribution in [0.1, 0.15) is 82.5 Å². The molecule has 1 unspecified atom stereocenters. The van der Waals surface area contributed by atoms with E-state index in [-0.39, 0.29) is 23.1 Å². The fourth-order valence-electron chi connectivity index (χ4n) is 8.96. The molecule has 1 aromatic carbocycles. The van der Waals surface area contributed by atoms with E-state index in [1.807, 2.05) is 30.3 Å². The summed E-state index contributed by atoms with van der Waals surface area (Å²) in [7, 11) is 0. The smallest absolute Gasteiger partial charge is 0.338 e. The predicted molar refractivity (Wildman–Crippen MR) is 129 cm³/mol. The van der Waals surface area contributed by atoms with E-state index in [0.717, 1.165) is 24.7 Å². The van der Waals surface area contributed by atoms with Crippen LogP contribution in [-0.4, -0.2) is 24.1 Å². The molecule has 0 amide bonds. The summed E-state index contributed by atoms with van der Waals surface area (Å²) < 4.78 is 5.75. The quantitative estimate of drug-likeness (QED) is 0.546. The van der Waals surface area contributed by atoms with Gasteiger partial charge in [0.2, 0.25) is 0 Å². The molecule has 178 valence electrons. The van der Waals surface area contributed by atoms with Crippen LogP contribution in [-0.2, 0) is 9.53 Å².